The van der Waals surface area contributed by atoms with Crippen LogP contribution in [0, 0.1) is 0 Å². The van der Waals surface area contributed by atoms with Crippen molar-refractivity contribution in [1.82, 2.24) is 10.1 Å². The van der Waals surface area contributed by atoms with E-state index in [1.807, 2.05) is 0 Å². The number of aromatic hydroxyl groups is 1. The first-order chi connectivity index (χ1) is 8.74. The predicted molar refractivity (Wildman–Crippen MR) is 63.5 cm³/mol. The van der Waals surface area contributed by atoms with E-state index in [0.29, 0.717) is 22.8 Å². The fourth-order valence-corrected chi connectivity index (χ4v) is 1.57. The van der Waals surface area contributed by atoms with Gasteiger partial charge >= 0.3 is 0 Å². The van der Waals surface area contributed by atoms with Crippen LogP contribution in [0.5, 0.6) is 5.75 Å². The number of benzene rings is 1. The highest BCUT2D eigenvalue weighted by Gasteiger charge is 2.15. The number of hydrogen-bond acceptors (Lipinski definition) is 6. The molecule has 1 aromatic carbocycles. The minimum Gasteiger partial charge on any atom is -0.507 e. The van der Waals surface area contributed by atoms with E-state index in [2.05, 4.69) is 10.1 Å². The lowest BCUT2D eigenvalue weighted by molar-refractivity contribution is 0.423. The van der Waals surface area contributed by atoms with Gasteiger partial charge in [0.25, 0.3) is 5.89 Å². The number of nitrogens with zero attached hydrogens (tertiary/aromatic N) is 2. The Kier molecular flexibility index (Phi) is 2.26. The third-order valence-corrected chi connectivity index (χ3v) is 2.42. The quantitative estimate of drug-likeness (QED) is 0.670. The Labute approximate surface area is 102 Å². The van der Waals surface area contributed by atoms with Crippen LogP contribution in [0.1, 0.15) is 0 Å². The minimum absolute atomic E-state index is 0.00959. The highest BCUT2D eigenvalue weighted by molar-refractivity contribution is 5.67. The Hall–Kier alpha value is -2.76. The maximum atomic E-state index is 9.75. The average Bonchev–Trinajstić information content (AvgIpc) is 2.99. The van der Waals surface area contributed by atoms with Gasteiger partial charge in [0.15, 0.2) is 5.76 Å². The first-order valence-corrected chi connectivity index (χ1v) is 5.20. The van der Waals surface area contributed by atoms with Gasteiger partial charge in [0.1, 0.15) is 5.75 Å². The summed E-state index contributed by atoms with van der Waals surface area (Å²) in [6.07, 6.45) is 1.52. The summed E-state index contributed by atoms with van der Waals surface area (Å²) in [5.74, 6) is 1.02. The highest BCUT2D eigenvalue weighted by atomic mass is 16.5. The van der Waals surface area contributed by atoms with Crippen molar-refractivity contribution in [2.24, 2.45) is 0 Å². The molecule has 0 aliphatic heterocycles. The van der Waals surface area contributed by atoms with Crippen molar-refractivity contribution >= 4 is 5.69 Å². The van der Waals surface area contributed by atoms with Gasteiger partial charge in [-0.05, 0) is 24.3 Å². The van der Waals surface area contributed by atoms with Gasteiger partial charge in [-0.25, -0.2) is 0 Å². The van der Waals surface area contributed by atoms with Gasteiger partial charge in [0.2, 0.25) is 5.82 Å². The summed E-state index contributed by atoms with van der Waals surface area (Å²) in [5.41, 5.74) is 6.43. The Morgan fingerprint density at radius 3 is 2.83 bits per heavy atom. The molecule has 90 valence electrons. The first-order valence-electron chi connectivity index (χ1n) is 5.20. The van der Waals surface area contributed by atoms with E-state index in [-0.39, 0.29) is 11.6 Å². The van der Waals surface area contributed by atoms with Crippen molar-refractivity contribution in [2.75, 3.05) is 5.73 Å². The van der Waals surface area contributed by atoms with Crippen molar-refractivity contribution in [3.8, 4) is 28.8 Å². The van der Waals surface area contributed by atoms with Crippen LogP contribution in [0.2, 0.25) is 0 Å². The molecule has 3 rings (SSSR count). The van der Waals surface area contributed by atoms with Crippen LogP contribution in [-0.4, -0.2) is 15.2 Å². The van der Waals surface area contributed by atoms with Crippen molar-refractivity contribution < 1.29 is 14.0 Å². The highest BCUT2D eigenvalue weighted by Crippen LogP contribution is 2.30. The second-order valence-corrected chi connectivity index (χ2v) is 3.68. The summed E-state index contributed by atoms with van der Waals surface area (Å²) in [4.78, 5) is 4.14. The molecule has 0 radical (unpaired) electrons. The number of phenols is 1. The van der Waals surface area contributed by atoms with Gasteiger partial charge in [0, 0.05) is 11.8 Å². The van der Waals surface area contributed by atoms with Crippen LogP contribution in [0.3, 0.4) is 0 Å². The Bertz CT molecular complexity index is 674. The predicted octanol–water partition coefficient (Wildman–Crippen LogP) is 2.28. The van der Waals surface area contributed by atoms with E-state index in [4.69, 9.17) is 14.7 Å². The smallest absolute Gasteiger partial charge is 0.262 e. The largest absolute Gasteiger partial charge is 0.507 e. The number of aromatic nitrogens is 2. The summed E-state index contributed by atoms with van der Waals surface area (Å²) in [5, 5.41) is 13.5. The summed E-state index contributed by atoms with van der Waals surface area (Å²) in [6.45, 7) is 0. The molecule has 2 aromatic heterocycles. The molecule has 0 aliphatic rings. The van der Waals surface area contributed by atoms with E-state index in [9.17, 15) is 5.11 Å². The second kappa shape index (κ2) is 3.92. The average molecular weight is 243 g/mol. The van der Waals surface area contributed by atoms with Crippen molar-refractivity contribution in [2.45, 2.75) is 0 Å². The van der Waals surface area contributed by atoms with Crippen molar-refractivity contribution in [3.63, 3.8) is 0 Å². The maximum Gasteiger partial charge on any atom is 0.262 e. The molecule has 0 amide bonds. The zero-order chi connectivity index (χ0) is 12.5. The first kappa shape index (κ1) is 10.4. The monoisotopic (exact) mass is 243 g/mol. The number of nitrogens with two attached hydrogens (primary N) is 1. The van der Waals surface area contributed by atoms with Crippen LogP contribution in [0.15, 0.2) is 45.5 Å². The SMILES string of the molecule is Nc1ccc(-c2nc(-c3ccco3)no2)c(O)c1. The molecule has 0 spiro atoms. The molecule has 0 aliphatic carbocycles. The molecule has 0 atom stereocenters. The molecule has 18 heavy (non-hydrogen) atoms. The normalized spacial score (nSPS) is 10.7. The standard InChI is InChI=1S/C12H9N3O3/c13-7-3-4-8(9(16)6-7)12-14-11(15-18-12)10-2-1-5-17-10/h1-6,16H,13H2. The third-order valence-electron chi connectivity index (χ3n) is 2.42. The fraction of sp³-hybridized carbons (Fsp3) is 0. The molecular formula is C12H9N3O3. The van der Waals surface area contributed by atoms with Crippen LogP contribution < -0.4 is 5.73 Å². The molecule has 2 heterocycles. The van der Waals surface area contributed by atoms with Crippen LogP contribution in [0.4, 0.5) is 5.69 Å². The van der Waals surface area contributed by atoms with E-state index in [1.54, 1.807) is 24.3 Å². The minimum atomic E-state index is -0.00959. The maximum absolute atomic E-state index is 9.75. The lowest BCUT2D eigenvalue weighted by atomic mass is 10.2. The molecule has 0 unspecified atom stereocenters. The summed E-state index contributed by atoms with van der Waals surface area (Å²) >= 11 is 0. The van der Waals surface area contributed by atoms with Crippen molar-refractivity contribution in [1.29, 1.82) is 0 Å². The summed E-state index contributed by atoms with van der Waals surface area (Å²) in [7, 11) is 0. The van der Waals surface area contributed by atoms with E-state index in [0.717, 1.165) is 0 Å². The zero-order valence-corrected chi connectivity index (χ0v) is 9.20. The second-order valence-electron chi connectivity index (χ2n) is 3.68. The van der Waals surface area contributed by atoms with Crippen molar-refractivity contribution in [3.05, 3.63) is 36.6 Å². The van der Waals surface area contributed by atoms with Gasteiger partial charge in [-0.2, -0.15) is 4.98 Å². The van der Waals surface area contributed by atoms with E-state index >= 15 is 0 Å². The molecule has 0 saturated heterocycles. The molecular weight excluding hydrogens is 234 g/mol. The van der Waals surface area contributed by atoms with E-state index < -0.39 is 0 Å². The van der Waals surface area contributed by atoms with Crippen LogP contribution >= 0.6 is 0 Å². The number of phenolic OH excluding ortho intramolecular Hbond substituents is 1. The summed E-state index contributed by atoms with van der Waals surface area (Å²) in [6, 6.07) is 8.13. The molecule has 6 heteroatoms. The van der Waals surface area contributed by atoms with Crippen LogP contribution in [0.25, 0.3) is 23.0 Å². The number of furan rings is 1. The Morgan fingerprint density at radius 2 is 2.11 bits per heavy atom. The van der Waals surface area contributed by atoms with Gasteiger partial charge < -0.3 is 19.8 Å². The molecule has 3 aromatic rings. The Morgan fingerprint density at radius 1 is 1.22 bits per heavy atom. The molecule has 6 nitrogen and oxygen atoms in total. The topological polar surface area (TPSA) is 98.3 Å². The number of anilines is 1. The lowest BCUT2D eigenvalue weighted by Gasteiger charge is -1.99. The fourth-order valence-electron chi connectivity index (χ4n) is 1.57. The van der Waals surface area contributed by atoms with Gasteiger partial charge in [-0.3, -0.25) is 0 Å². The zero-order valence-electron chi connectivity index (χ0n) is 9.20. The molecule has 0 saturated carbocycles. The lowest BCUT2D eigenvalue weighted by Crippen LogP contribution is -1.85. The van der Waals surface area contributed by atoms with Gasteiger partial charge in [-0.1, -0.05) is 5.16 Å². The van der Waals surface area contributed by atoms with Gasteiger partial charge in [-0.15, -0.1) is 0 Å². The summed E-state index contributed by atoms with van der Waals surface area (Å²) < 4.78 is 10.2. The third kappa shape index (κ3) is 1.69. The molecule has 0 bridgehead atoms. The number of rotatable bonds is 2. The van der Waals surface area contributed by atoms with Gasteiger partial charge in [0.05, 0.1) is 11.8 Å². The van der Waals surface area contributed by atoms with Crippen LogP contribution in [-0.2, 0) is 0 Å². The number of hydrogen-bond donors (Lipinski definition) is 2. The molecule has 3 N–H and O–H groups in total. The number of nitrogen functional groups attached to an aromatic ring is 1. The molecule has 0 fully saturated rings. The van der Waals surface area contributed by atoms with E-state index in [1.165, 1.54) is 12.3 Å². The Balaban J connectivity index is 2.03.